The zero-order valence-electron chi connectivity index (χ0n) is 21.3. The predicted molar refractivity (Wildman–Crippen MR) is 139 cm³/mol. The van der Waals surface area contributed by atoms with E-state index in [9.17, 15) is 14.7 Å². The first-order valence-electron chi connectivity index (χ1n) is 13.1. The first-order chi connectivity index (χ1) is 17.3. The number of hydrogen-bond donors (Lipinski definition) is 2. The van der Waals surface area contributed by atoms with Crippen molar-refractivity contribution in [1.82, 2.24) is 19.7 Å². The van der Waals surface area contributed by atoms with Gasteiger partial charge < -0.3 is 20.2 Å². The molecule has 2 N–H and O–H groups in total. The fourth-order valence-electron chi connectivity index (χ4n) is 6.36. The second-order valence-corrected chi connectivity index (χ2v) is 11.0. The van der Waals surface area contributed by atoms with Crippen LogP contribution in [0.2, 0.25) is 0 Å². The zero-order valence-corrected chi connectivity index (χ0v) is 21.3. The number of carbonyl (C=O) groups is 2. The topological polar surface area (TPSA) is 89.0 Å². The standard InChI is InChI=1S/C28H37N5O3/c1-31(2)28(22-10-4-3-5-11-22)16-14-27(15-17-28)20-32(26(36)33(27)18-21-8-6-9-21)19-25(35)30-23-12-7-13-24(34)29-23/h3-5,7,10-13,21H,6,8-9,14-20H2,1-2H3,(H2,29,30,34,35)/t27-,28+. The average molecular weight is 492 g/mol. The zero-order chi connectivity index (χ0) is 25.3. The Morgan fingerprint density at radius 3 is 2.42 bits per heavy atom. The SMILES string of the molecule is CN(C)[C@]1(c2ccccc2)CC[C@]2(CC1)CN(CC(=O)Nc1cccc(O)n1)C(=O)N2CC1CCC1. The number of amides is 3. The molecule has 1 spiro atoms. The number of nitrogens with one attached hydrogen (secondary N) is 1. The number of hydrogen-bond acceptors (Lipinski definition) is 5. The van der Waals surface area contributed by atoms with Crippen molar-refractivity contribution >= 4 is 17.8 Å². The van der Waals surface area contributed by atoms with E-state index in [1.807, 2.05) is 0 Å². The summed E-state index contributed by atoms with van der Waals surface area (Å²) in [7, 11) is 4.31. The fraction of sp³-hybridized carbons (Fsp3) is 0.536. The van der Waals surface area contributed by atoms with Crippen LogP contribution < -0.4 is 5.32 Å². The van der Waals surface area contributed by atoms with Gasteiger partial charge in [-0.3, -0.25) is 9.69 Å². The third-order valence-electron chi connectivity index (χ3n) is 8.74. The number of benzene rings is 1. The number of pyridine rings is 1. The predicted octanol–water partition coefficient (Wildman–Crippen LogP) is 4.03. The summed E-state index contributed by atoms with van der Waals surface area (Å²) in [5.41, 5.74) is 1.03. The lowest BCUT2D eigenvalue weighted by molar-refractivity contribution is -0.116. The fourth-order valence-corrected chi connectivity index (χ4v) is 6.36. The van der Waals surface area contributed by atoms with E-state index in [0.717, 1.165) is 32.2 Å². The molecule has 2 heterocycles. The average Bonchev–Trinajstić information content (AvgIpc) is 3.07. The molecule has 0 unspecified atom stereocenters. The van der Waals surface area contributed by atoms with E-state index in [1.54, 1.807) is 17.0 Å². The van der Waals surface area contributed by atoms with Crippen molar-refractivity contribution in [3.05, 3.63) is 54.1 Å². The molecule has 0 atom stereocenters. The van der Waals surface area contributed by atoms with Gasteiger partial charge in [-0.05, 0) is 70.2 Å². The van der Waals surface area contributed by atoms with Gasteiger partial charge in [0.05, 0.1) is 5.54 Å². The molecule has 0 bridgehead atoms. The summed E-state index contributed by atoms with van der Waals surface area (Å²) in [4.78, 5) is 36.6. The Labute approximate surface area is 213 Å². The number of carbonyl (C=O) groups excluding carboxylic acids is 2. The van der Waals surface area contributed by atoms with Gasteiger partial charge in [0.2, 0.25) is 11.8 Å². The Kier molecular flexibility index (Phi) is 6.64. The van der Waals surface area contributed by atoms with Gasteiger partial charge in [-0.15, -0.1) is 0 Å². The monoisotopic (exact) mass is 491 g/mol. The number of aromatic nitrogens is 1. The Morgan fingerprint density at radius 1 is 1.08 bits per heavy atom. The van der Waals surface area contributed by atoms with E-state index >= 15 is 0 Å². The number of aromatic hydroxyl groups is 1. The van der Waals surface area contributed by atoms with Crippen molar-refractivity contribution < 1.29 is 14.7 Å². The smallest absolute Gasteiger partial charge is 0.321 e. The molecule has 36 heavy (non-hydrogen) atoms. The van der Waals surface area contributed by atoms with Crippen LogP contribution in [0.15, 0.2) is 48.5 Å². The minimum Gasteiger partial charge on any atom is -0.493 e. The molecule has 2 aliphatic carbocycles. The molecule has 8 nitrogen and oxygen atoms in total. The molecule has 2 saturated carbocycles. The Bertz CT molecular complexity index is 1090. The van der Waals surface area contributed by atoms with Gasteiger partial charge in [0, 0.05) is 24.7 Å². The third kappa shape index (κ3) is 4.54. The van der Waals surface area contributed by atoms with Crippen molar-refractivity contribution in [2.24, 2.45) is 5.92 Å². The van der Waals surface area contributed by atoms with Crippen LogP contribution in [0, 0.1) is 5.92 Å². The minimum absolute atomic E-state index is 0.0173. The van der Waals surface area contributed by atoms with Gasteiger partial charge in [0.25, 0.3) is 0 Å². The van der Waals surface area contributed by atoms with E-state index in [0.29, 0.717) is 12.5 Å². The van der Waals surface area contributed by atoms with Crippen LogP contribution in [0.4, 0.5) is 10.6 Å². The summed E-state index contributed by atoms with van der Waals surface area (Å²) in [5, 5.41) is 12.3. The lowest BCUT2D eigenvalue weighted by Crippen LogP contribution is -2.56. The van der Waals surface area contributed by atoms with E-state index in [1.165, 1.54) is 30.9 Å². The maximum Gasteiger partial charge on any atom is 0.321 e. The maximum absolute atomic E-state index is 13.7. The summed E-state index contributed by atoms with van der Waals surface area (Å²) in [6.45, 7) is 1.33. The number of anilines is 1. The quantitative estimate of drug-likeness (QED) is 0.610. The van der Waals surface area contributed by atoms with Crippen LogP contribution in [0.5, 0.6) is 5.88 Å². The van der Waals surface area contributed by atoms with Crippen molar-refractivity contribution in [3.63, 3.8) is 0 Å². The van der Waals surface area contributed by atoms with E-state index in [-0.39, 0.29) is 41.3 Å². The highest BCUT2D eigenvalue weighted by atomic mass is 16.3. The van der Waals surface area contributed by atoms with Gasteiger partial charge >= 0.3 is 6.03 Å². The van der Waals surface area contributed by atoms with Crippen molar-refractivity contribution in [2.45, 2.75) is 56.0 Å². The highest BCUT2D eigenvalue weighted by Gasteiger charge is 2.55. The van der Waals surface area contributed by atoms with Gasteiger partial charge in [-0.25, -0.2) is 4.79 Å². The van der Waals surface area contributed by atoms with Crippen LogP contribution in [-0.2, 0) is 10.3 Å². The molecule has 3 aliphatic rings. The Hall–Kier alpha value is -3.13. The molecule has 1 aliphatic heterocycles. The summed E-state index contributed by atoms with van der Waals surface area (Å²) < 4.78 is 0. The molecule has 2 aromatic rings. The van der Waals surface area contributed by atoms with Crippen LogP contribution in [0.3, 0.4) is 0 Å². The lowest BCUT2D eigenvalue weighted by Gasteiger charge is -2.51. The summed E-state index contributed by atoms with van der Waals surface area (Å²) in [6, 6.07) is 15.4. The largest absolute Gasteiger partial charge is 0.493 e. The number of urea groups is 1. The second-order valence-electron chi connectivity index (χ2n) is 11.0. The van der Waals surface area contributed by atoms with Gasteiger partial charge in [-0.1, -0.05) is 42.8 Å². The number of rotatable bonds is 7. The molecular formula is C28H37N5O3. The minimum atomic E-state index is -0.301. The highest BCUT2D eigenvalue weighted by molar-refractivity contribution is 5.94. The Morgan fingerprint density at radius 2 is 1.81 bits per heavy atom. The highest BCUT2D eigenvalue weighted by Crippen LogP contribution is 2.49. The molecule has 3 amide bonds. The summed E-state index contributed by atoms with van der Waals surface area (Å²) in [6.07, 6.45) is 7.33. The lowest BCUT2D eigenvalue weighted by atomic mass is 9.68. The molecule has 1 aromatic heterocycles. The van der Waals surface area contributed by atoms with E-state index in [2.05, 4.69) is 64.5 Å². The van der Waals surface area contributed by atoms with Gasteiger partial charge in [0.1, 0.15) is 12.4 Å². The summed E-state index contributed by atoms with van der Waals surface area (Å²) >= 11 is 0. The molecule has 8 heteroatoms. The normalized spacial score (nSPS) is 26.5. The van der Waals surface area contributed by atoms with Crippen LogP contribution in [-0.4, -0.2) is 76.0 Å². The van der Waals surface area contributed by atoms with Crippen LogP contribution in [0.25, 0.3) is 0 Å². The van der Waals surface area contributed by atoms with Gasteiger partial charge in [-0.2, -0.15) is 4.98 Å². The molecule has 1 saturated heterocycles. The van der Waals surface area contributed by atoms with Crippen molar-refractivity contribution in [2.75, 3.05) is 39.0 Å². The molecule has 0 radical (unpaired) electrons. The first kappa shape index (κ1) is 24.6. The maximum atomic E-state index is 13.7. The third-order valence-corrected chi connectivity index (χ3v) is 8.74. The van der Waals surface area contributed by atoms with E-state index < -0.39 is 0 Å². The van der Waals surface area contributed by atoms with Crippen molar-refractivity contribution in [3.8, 4) is 5.88 Å². The second kappa shape index (κ2) is 9.73. The first-order valence-corrected chi connectivity index (χ1v) is 13.1. The summed E-state index contributed by atoms with van der Waals surface area (Å²) in [5.74, 6) is 0.389. The van der Waals surface area contributed by atoms with E-state index in [4.69, 9.17) is 0 Å². The number of nitrogens with zero attached hydrogens (tertiary/aromatic N) is 4. The Balaban J connectivity index is 1.34. The van der Waals surface area contributed by atoms with Gasteiger partial charge in [0.15, 0.2) is 0 Å². The molecule has 5 rings (SSSR count). The van der Waals surface area contributed by atoms with Crippen LogP contribution in [0.1, 0.15) is 50.5 Å². The van der Waals surface area contributed by atoms with Crippen molar-refractivity contribution in [1.29, 1.82) is 0 Å². The molecule has 3 fully saturated rings. The molecule has 192 valence electrons. The molecule has 1 aromatic carbocycles. The van der Waals surface area contributed by atoms with Crippen LogP contribution >= 0.6 is 0 Å². The molecular weight excluding hydrogens is 454 g/mol.